The number of rotatable bonds is 7. The number of nitrogens with one attached hydrogen (secondary N) is 1. The number of nitrogens with two attached hydrogens (primary N) is 1. The van der Waals surface area contributed by atoms with E-state index in [4.69, 9.17) is 5.73 Å². The molecule has 0 aromatic carbocycles. The van der Waals surface area contributed by atoms with Crippen molar-refractivity contribution in [3.63, 3.8) is 0 Å². The van der Waals surface area contributed by atoms with E-state index >= 15 is 0 Å². The summed E-state index contributed by atoms with van der Waals surface area (Å²) in [6.07, 6.45) is 2.47. The Balaban J connectivity index is 1.43. The van der Waals surface area contributed by atoms with E-state index in [1.165, 1.54) is 6.20 Å². The summed E-state index contributed by atoms with van der Waals surface area (Å²) >= 11 is 0. The van der Waals surface area contributed by atoms with Crippen LogP contribution in [0.25, 0.3) is 0 Å². The Labute approximate surface area is 196 Å². The Morgan fingerprint density at radius 2 is 1.82 bits per heavy atom. The van der Waals surface area contributed by atoms with Crippen LogP contribution in [-0.4, -0.2) is 51.8 Å². The molecule has 186 valence electrons. The van der Waals surface area contributed by atoms with Crippen molar-refractivity contribution in [2.75, 3.05) is 18.4 Å². The molecule has 2 heterocycles. The molecule has 3 aliphatic rings. The second kappa shape index (κ2) is 9.56. The highest BCUT2D eigenvalue weighted by Crippen LogP contribution is 2.41. The number of nitriles is 1. The molecule has 3 fully saturated rings. The molecule has 0 unspecified atom stereocenters. The van der Waals surface area contributed by atoms with Gasteiger partial charge in [0.1, 0.15) is 5.56 Å². The Hall–Kier alpha value is -2.61. The lowest BCUT2D eigenvalue weighted by Crippen LogP contribution is -2.47. The van der Waals surface area contributed by atoms with Crippen LogP contribution in [0.15, 0.2) is 6.20 Å². The second-order valence-electron chi connectivity index (χ2n) is 10.1. The molecule has 0 atom stereocenters. The molecule has 11 heteroatoms. The minimum absolute atomic E-state index is 0.0605. The van der Waals surface area contributed by atoms with Gasteiger partial charge >= 0.3 is 6.18 Å². The van der Waals surface area contributed by atoms with Crippen LogP contribution < -0.4 is 11.1 Å². The lowest BCUT2D eigenvalue weighted by Gasteiger charge is -2.44. The van der Waals surface area contributed by atoms with Crippen molar-refractivity contribution in [2.45, 2.75) is 82.0 Å². The van der Waals surface area contributed by atoms with Crippen LogP contribution in [-0.2, 0) is 10.3 Å². The lowest BCUT2D eigenvalue weighted by atomic mass is 9.76. The molecule has 2 saturated carbocycles. The molecule has 1 aliphatic heterocycles. The molecule has 0 radical (unpaired) electrons. The normalized spacial score (nSPS) is 26.7. The number of amides is 2. The monoisotopic (exact) mass is 480 g/mol. The van der Waals surface area contributed by atoms with Gasteiger partial charge in [-0.3, -0.25) is 14.3 Å². The Morgan fingerprint density at radius 3 is 2.35 bits per heavy atom. The number of likely N-dealkylation sites (tertiary alicyclic amines) is 1. The van der Waals surface area contributed by atoms with E-state index in [0.29, 0.717) is 38.8 Å². The highest BCUT2D eigenvalue weighted by atomic mass is 19.4. The first-order chi connectivity index (χ1) is 16.1. The van der Waals surface area contributed by atoms with Gasteiger partial charge < -0.3 is 16.0 Å². The van der Waals surface area contributed by atoms with Gasteiger partial charge in [0.05, 0.1) is 18.0 Å². The minimum Gasteiger partial charge on any atom is -0.365 e. The molecule has 2 amide bonds. The predicted octanol–water partition coefficient (Wildman–Crippen LogP) is 3.55. The lowest BCUT2D eigenvalue weighted by molar-refractivity contribution is -0.148. The molecule has 2 aliphatic carbocycles. The number of carbonyl (C=O) groups excluding carboxylic acids is 2. The summed E-state index contributed by atoms with van der Waals surface area (Å²) in [5.41, 5.74) is 5.03. The zero-order valence-corrected chi connectivity index (χ0v) is 19.1. The maximum Gasteiger partial charge on any atom is 0.389 e. The van der Waals surface area contributed by atoms with Gasteiger partial charge in [0.25, 0.3) is 5.91 Å². The summed E-state index contributed by atoms with van der Waals surface area (Å²) in [4.78, 5) is 26.5. The van der Waals surface area contributed by atoms with E-state index in [0.717, 1.165) is 25.7 Å². The van der Waals surface area contributed by atoms with Crippen LogP contribution >= 0.6 is 0 Å². The number of anilines is 1. The van der Waals surface area contributed by atoms with E-state index < -0.39 is 24.0 Å². The zero-order chi connectivity index (χ0) is 24.5. The summed E-state index contributed by atoms with van der Waals surface area (Å²) in [6.45, 7) is 1.31. The summed E-state index contributed by atoms with van der Waals surface area (Å²) in [5, 5.41) is 16.7. The molecule has 1 aromatic rings. The topological polar surface area (TPSA) is 117 Å². The first-order valence-corrected chi connectivity index (χ1v) is 12.0. The van der Waals surface area contributed by atoms with Crippen LogP contribution in [0.5, 0.6) is 0 Å². The molecule has 8 nitrogen and oxygen atoms in total. The SMILES string of the molecule is N#CCC1(n2cc(C(N)=O)c(NC(=O)C3CC3)n2)CCC(N2CCC(CC(F)(F)F)CC2)CC1. The third-order valence-electron chi connectivity index (χ3n) is 7.64. The van der Waals surface area contributed by atoms with Gasteiger partial charge in [-0.15, -0.1) is 0 Å². The largest absolute Gasteiger partial charge is 0.389 e. The zero-order valence-electron chi connectivity index (χ0n) is 19.1. The van der Waals surface area contributed by atoms with Crippen molar-refractivity contribution in [3.05, 3.63) is 11.8 Å². The summed E-state index contributed by atoms with van der Waals surface area (Å²) in [7, 11) is 0. The van der Waals surface area contributed by atoms with Crippen molar-refractivity contribution in [1.82, 2.24) is 14.7 Å². The number of hydrogen-bond acceptors (Lipinski definition) is 5. The van der Waals surface area contributed by atoms with Crippen molar-refractivity contribution in [1.29, 1.82) is 5.26 Å². The number of piperidine rings is 1. The molecular weight excluding hydrogens is 449 g/mol. The fraction of sp³-hybridized carbons (Fsp3) is 0.739. The summed E-state index contributed by atoms with van der Waals surface area (Å²) < 4.78 is 39.7. The summed E-state index contributed by atoms with van der Waals surface area (Å²) in [6, 6.07) is 2.49. The molecule has 3 N–H and O–H groups in total. The van der Waals surface area contributed by atoms with Gasteiger partial charge in [0.15, 0.2) is 5.82 Å². The van der Waals surface area contributed by atoms with E-state index in [2.05, 4.69) is 21.4 Å². The number of alkyl halides is 3. The van der Waals surface area contributed by atoms with E-state index in [-0.39, 0.29) is 41.6 Å². The van der Waals surface area contributed by atoms with Crippen molar-refractivity contribution in [2.24, 2.45) is 17.6 Å². The highest BCUT2D eigenvalue weighted by Gasteiger charge is 2.42. The van der Waals surface area contributed by atoms with Crippen molar-refractivity contribution < 1.29 is 22.8 Å². The third-order valence-corrected chi connectivity index (χ3v) is 7.64. The maximum atomic E-state index is 12.7. The molecular formula is C23H31F3N6O2. The first-order valence-electron chi connectivity index (χ1n) is 12.0. The van der Waals surface area contributed by atoms with E-state index in [9.17, 15) is 28.0 Å². The quantitative estimate of drug-likeness (QED) is 0.619. The van der Waals surface area contributed by atoms with Gasteiger partial charge in [0.2, 0.25) is 5.91 Å². The molecule has 1 saturated heterocycles. The minimum atomic E-state index is -4.11. The van der Waals surface area contributed by atoms with Gasteiger partial charge in [-0.2, -0.15) is 23.5 Å². The number of halogens is 3. The smallest absolute Gasteiger partial charge is 0.365 e. The van der Waals surface area contributed by atoms with Crippen molar-refractivity contribution >= 4 is 17.6 Å². The molecule has 0 bridgehead atoms. The average Bonchev–Trinajstić information content (AvgIpc) is 3.54. The van der Waals surface area contributed by atoms with Crippen LogP contribution in [0.4, 0.5) is 19.0 Å². The third kappa shape index (κ3) is 5.54. The van der Waals surface area contributed by atoms with Gasteiger partial charge in [-0.1, -0.05) is 0 Å². The standard InChI is InChI=1S/C23H31F3N6O2/c24-23(25,26)13-15-5-11-31(12-6-15)17-3-7-22(8-4-17,9-10-27)32-14-18(19(28)33)20(30-32)29-21(34)16-1-2-16/h14-17H,1-9,11-13H2,(H2,28,33)(H,29,30,34). The fourth-order valence-electron chi connectivity index (χ4n) is 5.44. The molecule has 34 heavy (non-hydrogen) atoms. The maximum absolute atomic E-state index is 12.7. The Kier molecular flexibility index (Phi) is 6.90. The summed E-state index contributed by atoms with van der Waals surface area (Å²) in [5.74, 6) is -1.11. The van der Waals surface area contributed by atoms with Gasteiger partial charge in [0, 0.05) is 24.6 Å². The number of primary amides is 1. The van der Waals surface area contributed by atoms with Crippen LogP contribution in [0, 0.1) is 23.2 Å². The fourth-order valence-corrected chi connectivity index (χ4v) is 5.44. The van der Waals surface area contributed by atoms with Gasteiger partial charge in [-0.05, 0) is 70.4 Å². The van der Waals surface area contributed by atoms with Crippen LogP contribution in [0.3, 0.4) is 0 Å². The molecule has 0 spiro atoms. The average molecular weight is 481 g/mol. The second-order valence-corrected chi connectivity index (χ2v) is 10.1. The number of hydrogen-bond donors (Lipinski definition) is 2. The number of nitrogens with zero attached hydrogens (tertiary/aromatic N) is 4. The van der Waals surface area contributed by atoms with Crippen molar-refractivity contribution in [3.8, 4) is 6.07 Å². The van der Waals surface area contributed by atoms with E-state index in [1.54, 1.807) is 4.68 Å². The van der Waals surface area contributed by atoms with Gasteiger partial charge in [-0.25, -0.2) is 0 Å². The Bertz CT molecular complexity index is 949. The number of aromatic nitrogens is 2. The van der Waals surface area contributed by atoms with Crippen LogP contribution in [0.1, 0.15) is 74.6 Å². The van der Waals surface area contributed by atoms with E-state index in [1.807, 2.05) is 0 Å². The first kappa shape index (κ1) is 24.5. The predicted molar refractivity (Wildman–Crippen MR) is 118 cm³/mol. The molecule has 4 rings (SSSR count). The molecule has 1 aromatic heterocycles. The highest BCUT2D eigenvalue weighted by molar-refractivity contribution is 6.02. The Morgan fingerprint density at radius 1 is 1.18 bits per heavy atom. The number of carbonyl (C=O) groups is 2. The van der Waals surface area contributed by atoms with Crippen LogP contribution in [0.2, 0.25) is 0 Å².